The summed E-state index contributed by atoms with van der Waals surface area (Å²) in [6.45, 7) is 4.88. The zero-order chi connectivity index (χ0) is 14.2. The minimum atomic E-state index is 0.799. The fourth-order valence-electron chi connectivity index (χ4n) is 1.70. The molecule has 1 aromatic heterocycles. The van der Waals surface area contributed by atoms with Gasteiger partial charge in [0.2, 0.25) is 5.16 Å². The number of tetrazole rings is 1. The molecule has 0 fully saturated rings. The predicted octanol–water partition coefficient (Wildman–Crippen LogP) is 2.73. The van der Waals surface area contributed by atoms with E-state index in [4.69, 9.17) is 0 Å². The third-order valence-corrected chi connectivity index (χ3v) is 4.20. The summed E-state index contributed by atoms with van der Waals surface area (Å²) in [7, 11) is 0. The standard InChI is InChI=1S/C13H18BrN5S/c1-2-6-15-7-8-19-13(16-17-18-19)20-10-11-4-3-5-12(14)9-11/h3-5,9,15H,2,6-8,10H2,1H3. The monoisotopic (exact) mass is 355 g/mol. The molecule has 0 saturated carbocycles. The van der Waals surface area contributed by atoms with Crippen molar-refractivity contribution in [3.05, 3.63) is 34.3 Å². The quantitative estimate of drug-likeness (QED) is 0.582. The molecule has 7 heteroatoms. The molecule has 0 radical (unpaired) electrons. The van der Waals surface area contributed by atoms with Crippen LogP contribution in [0.3, 0.4) is 0 Å². The Hall–Kier alpha value is -0.920. The van der Waals surface area contributed by atoms with E-state index in [9.17, 15) is 0 Å². The zero-order valence-electron chi connectivity index (χ0n) is 11.4. The van der Waals surface area contributed by atoms with Crippen LogP contribution in [0.4, 0.5) is 0 Å². The maximum absolute atomic E-state index is 4.08. The SMILES string of the molecule is CCCNCCn1nnnc1SCc1cccc(Br)c1. The molecule has 0 unspecified atom stereocenters. The second-order valence-corrected chi connectivity index (χ2v) is 6.21. The van der Waals surface area contributed by atoms with Crippen LogP contribution < -0.4 is 5.32 Å². The van der Waals surface area contributed by atoms with Crippen LogP contribution in [-0.4, -0.2) is 33.3 Å². The molecule has 0 aliphatic rings. The number of rotatable bonds is 8. The van der Waals surface area contributed by atoms with Crippen LogP contribution in [-0.2, 0) is 12.3 Å². The van der Waals surface area contributed by atoms with E-state index in [2.05, 4.69) is 55.8 Å². The van der Waals surface area contributed by atoms with Crippen LogP contribution in [0.1, 0.15) is 18.9 Å². The van der Waals surface area contributed by atoms with E-state index in [0.717, 1.165) is 41.4 Å². The summed E-state index contributed by atoms with van der Waals surface area (Å²) in [5.41, 5.74) is 1.25. The molecule has 1 aromatic carbocycles. The Morgan fingerprint density at radius 1 is 1.35 bits per heavy atom. The highest BCUT2D eigenvalue weighted by Crippen LogP contribution is 2.21. The molecule has 0 aliphatic heterocycles. The van der Waals surface area contributed by atoms with Crippen molar-refractivity contribution >= 4 is 27.7 Å². The summed E-state index contributed by atoms with van der Waals surface area (Å²) in [5, 5.41) is 16.1. The van der Waals surface area contributed by atoms with Crippen molar-refractivity contribution in [2.24, 2.45) is 0 Å². The summed E-state index contributed by atoms with van der Waals surface area (Å²) in [5.74, 6) is 0.863. The fourth-order valence-corrected chi connectivity index (χ4v) is 2.99. The van der Waals surface area contributed by atoms with Gasteiger partial charge in [-0.15, -0.1) is 5.10 Å². The highest BCUT2D eigenvalue weighted by molar-refractivity contribution is 9.10. The molecular formula is C13H18BrN5S. The largest absolute Gasteiger partial charge is 0.315 e. The highest BCUT2D eigenvalue weighted by Gasteiger charge is 2.06. The molecule has 20 heavy (non-hydrogen) atoms. The van der Waals surface area contributed by atoms with E-state index in [1.807, 2.05) is 16.8 Å². The normalized spacial score (nSPS) is 10.9. The minimum absolute atomic E-state index is 0.799. The third-order valence-electron chi connectivity index (χ3n) is 2.68. The van der Waals surface area contributed by atoms with Crippen LogP contribution >= 0.6 is 27.7 Å². The molecule has 1 heterocycles. The molecule has 108 valence electrons. The molecular weight excluding hydrogens is 338 g/mol. The number of hydrogen-bond acceptors (Lipinski definition) is 5. The Kier molecular flexibility index (Phi) is 6.49. The lowest BCUT2D eigenvalue weighted by atomic mass is 10.2. The minimum Gasteiger partial charge on any atom is -0.315 e. The van der Waals surface area contributed by atoms with Gasteiger partial charge in [0.05, 0.1) is 6.54 Å². The third kappa shape index (κ3) is 4.88. The molecule has 5 nitrogen and oxygen atoms in total. The number of hydrogen-bond donors (Lipinski definition) is 1. The smallest absolute Gasteiger partial charge is 0.209 e. The molecule has 2 aromatic rings. The van der Waals surface area contributed by atoms with Gasteiger partial charge in [-0.05, 0) is 41.1 Å². The van der Waals surface area contributed by atoms with Gasteiger partial charge in [0.1, 0.15) is 0 Å². The van der Waals surface area contributed by atoms with Crippen molar-refractivity contribution in [2.45, 2.75) is 30.8 Å². The van der Waals surface area contributed by atoms with Gasteiger partial charge >= 0.3 is 0 Å². The summed E-state index contributed by atoms with van der Waals surface area (Å²) in [6, 6.07) is 8.29. The van der Waals surface area contributed by atoms with Crippen molar-refractivity contribution in [1.82, 2.24) is 25.5 Å². The molecule has 0 aliphatic carbocycles. The number of aromatic nitrogens is 4. The van der Waals surface area contributed by atoms with Gasteiger partial charge in [0, 0.05) is 16.8 Å². The van der Waals surface area contributed by atoms with Crippen molar-refractivity contribution in [2.75, 3.05) is 13.1 Å². The average molecular weight is 356 g/mol. The Balaban J connectivity index is 1.85. The fraction of sp³-hybridized carbons (Fsp3) is 0.462. The number of nitrogens with zero attached hydrogens (tertiary/aromatic N) is 4. The number of thioether (sulfide) groups is 1. The molecule has 1 N–H and O–H groups in total. The van der Waals surface area contributed by atoms with Crippen LogP contribution in [0.15, 0.2) is 33.9 Å². The Labute approximate surface area is 131 Å². The van der Waals surface area contributed by atoms with Gasteiger partial charge in [0.25, 0.3) is 0 Å². The molecule has 0 amide bonds. The van der Waals surface area contributed by atoms with E-state index >= 15 is 0 Å². The lowest BCUT2D eigenvalue weighted by Gasteiger charge is -2.05. The van der Waals surface area contributed by atoms with E-state index in [1.165, 1.54) is 5.56 Å². The van der Waals surface area contributed by atoms with Gasteiger partial charge in [-0.2, -0.15) is 0 Å². The first-order chi connectivity index (χ1) is 9.79. The second-order valence-electron chi connectivity index (χ2n) is 4.35. The molecule has 0 bridgehead atoms. The highest BCUT2D eigenvalue weighted by atomic mass is 79.9. The van der Waals surface area contributed by atoms with Crippen molar-refractivity contribution in [3.8, 4) is 0 Å². The molecule has 2 rings (SSSR count). The first kappa shape index (κ1) is 15.5. The zero-order valence-corrected chi connectivity index (χ0v) is 13.8. The van der Waals surface area contributed by atoms with Crippen molar-refractivity contribution in [3.63, 3.8) is 0 Å². The lowest BCUT2D eigenvalue weighted by molar-refractivity contribution is 0.510. The molecule has 0 saturated heterocycles. The van der Waals surface area contributed by atoms with E-state index in [0.29, 0.717) is 0 Å². The Morgan fingerprint density at radius 3 is 3.05 bits per heavy atom. The summed E-state index contributed by atoms with van der Waals surface area (Å²) < 4.78 is 2.95. The van der Waals surface area contributed by atoms with Crippen molar-refractivity contribution < 1.29 is 0 Å². The van der Waals surface area contributed by atoms with Gasteiger partial charge in [-0.3, -0.25) is 0 Å². The van der Waals surface area contributed by atoms with Gasteiger partial charge in [0.15, 0.2) is 0 Å². The van der Waals surface area contributed by atoms with E-state index in [1.54, 1.807) is 11.8 Å². The molecule has 0 atom stereocenters. The van der Waals surface area contributed by atoms with E-state index in [-0.39, 0.29) is 0 Å². The van der Waals surface area contributed by atoms with Crippen LogP contribution in [0, 0.1) is 0 Å². The molecule has 0 spiro atoms. The van der Waals surface area contributed by atoms with Gasteiger partial charge in [-0.1, -0.05) is 46.7 Å². The van der Waals surface area contributed by atoms with Crippen LogP contribution in [0.2, 0.25) is 0 Å². The summed E-state index contributed by atoms with van der Waals surface area (Å²) >= 11 is 5.14. The maximum atomic E-state index is 4.08. The van der Waals surface area contributed by atoms with Gasteiger partial charge < -0.3 is 5.32 Å². The van der Waals surface area contributed by atoms with Crippen molar-refractivity contribution in [1.29, 1.82) is 0 Å². The van der Waals surface area contributed by atoms with Crippen LogP contribution in [0.5, 0.6) is 0 Å². The Morgan fingerprint density at radius 2 is 2.25 bits per heavy atom. The Bertz CT molecular complexity index is 531. The topological polar surface area (TPSA) is 55.6 Å². The first-order valence-electron chi connectivity index (χ1n) is 6.63. The summed E-state index contributed by atoms with van der Waals surface area (Å²) in [6.07, 6.45) is 1.14. The van der Waals surface area contributed by atoms with Gasteiger partial charge in [-0.25, -0.2) is 4.68 Å². The summed E-state index contributed by atoms with van der Waals surface area (Å²) in [4.78, 5) is 0. The number of benzene rings is 1. The lowest BCUT2D eigenvalue weighted by Crippen LogP contribution is -2.21. The second kappa shape index (κ2) is 8.39. The average Bonchev–Trinajstić information content (AvgIpc) is 2.89. The van der Waals surface area contributed by atoms with E-state index < -0.39 is 0 Å². The number of halogens is 1. The van der Waals surface area contributed by atoms with Crippen LogP contribution in [0.25, 0.3) is 0 Å². The first-order valence-corrected chi connectivity index (χ1v) is 8.41. The maximum Gasteiger partial charge on any atom is 0.209 e. The predicted molar refractivity (Wildman–Crippen MR) is 84.7 cm³/mol. The number of nitrogens with one attached hydrogen (secondary N) is 1.